The number of alkyl carbamates (subject to hydrolysis) is 1. The number of hydrogen-bond acceptors (Lipinski definition) is 10. The molecule has 0 aliphatic carbocycles. The van der Waals surface area contributed by atoms with Crippen molar-refractivity contribution in [2.24, 2.45) is 11.7 Å². The first kappa shape index (κ1) is 58.5. The van der Waals surface area contributed by atoms with Crippen LogP contribution in [0.4, 0.5) is 4.79 Å². The maximum Gasteiger partial charge on any atom is 0.408 e. The summed E-state index contributed by atoms with van der Waals surface area (Å²) in [6.45, 7) is 4.98. The molecule has 1 aliphatic heterocycles. The highest BCUT2D eigenvalue weighted by atomic mass is 16.6. The number of Topliss-reactive ketones (excluding diaryl/α,β-unsaturated/α-hetero) is 1. The van der Waals surface area contributed by atoms with Crippen LogP contribution in [0, 0.1) is 5.92 Å². The smallest absolute Gasteiger partial charge is 0.408 e. The van der Waals surface area contributed by atoms with Gasteiger partial charge in [-0.05, 0) is 32.3 Å². The second-order valence-corrected chi connectivity index (χ2v) is 19.9. The van der Waals surface area contributed by atoms with Gasteiger partial charge in [0.2, 0.25) is 17.7 Å². The number of carbonyl (C=O) groups is 4. The minimum absolute atomic E-state index is 0.102. The molecular formula is C56H100N4O9. The molecule has 0 saturated carbocycles. The number of aliphatic hydroxyl groups is 3. The molecule has 13 nitrogen and oxygen atoms in total. The molecule has 0 aromatic heterocycles. The second-order valence-electron chi connectivity index (χ2n) is 19.9. The molecule has 1 saturated heterocycles. The van der Waals surface area contributed by atoms with Crippen LogP contribution >= 0.6 is 0 Å². The number of rotatable bonds is 42. The van der Waals surface area contributed by atoms with Crippen molar-refractivity contribution < 1.29 is 46.8 Å². The summed E-state index contributed by atoms with van der Waals surface area (Å²) in [5.41, 5.74) is 7.42. The van der Waals surface area contributed by atoms with E-state index >= 15 is 0 Å². The lowest BCUT2D eigenvalue weighted by Gasteiger charge is -2.53. The Bertz CT molecular complexity index is 1570. The van der Waals surface area contributed by atoms with E-state index in [0.717, 1.165) is 51.4 Å². The lowest BCUT2D eigenvalue weighted by molar-refractivity contribution is -0.291. The van der Waals surface area contributed by atoms with Crippen LogP contribution in [-0.4, -0.2) is 93.3 Å². The van der Waals surface area contributed by atoms with E-state index in [1.54, 1.807) is 30.3 Å². The molecule has 0 radical (unpaired) electrons. The molecule has 7 N–H and O–H groups in total. The normalized spacial score (nSPS) is 20.9. The van der Waals surface area contributed by atoms with E-state index < -0.39 is 73.1 Å². The minimum Gasteiger partial charge on any atom is -0.445 e. The number of nitrogens with two attached hydrogens (primary N) is 1. The number of aliphatic hydroxyl groups excluding tert-OH is 3. The summed E-state index contributed by atoms with van der Waals surface area (Å²) in [4.78, 5) is 56.3. The van der Waals surface area contributed by atoms with E-state index in [-0.39, 0.29) is 24.2 Å². The highest BCUT2D eigenvalue weighted by Crippen LogP contribution is 2.37. The third-order valence-electron chi connectivity index (χ3n) is 13.9. The first-order chi connectivity index (χ1) is 34.2. The largest absolute Gasteiger partial charge is 0.445 e. The topological polar surface area (TPSA) is 201 Å². The Labute approximate surface area is 421 Å². The third-order valence-corrected chi connectivity index (χ3v) is 13.9. The molecular weight excluding hydrogens is 873 g/mol. The van der Waals surface area contributed by atoms with Crippen LogP contribution in [-0.2, 0) is 30.4 Å². The van der Waals surface area contributed by atoms with Gasteiger partial charge in [-0.15, -0.1) is 0 Å². The molecule has 3 amide bonds. The molecule has 0 spiro atoms. The van der Waals surface area contributed by atoms with Gasteiger partial charge in [-0.25, -0.2) is 4.79 Å². The lowest BCUT2D eigenvalue weighted by atomic mass is 9.80. The van der Waals surface area contributed by atoms with E-state index in [4.69, 9.17) is 18.0 Å². The summed E-state index contributed by atoms with van der Waals surface area (Å²) in [5.74, 6) is -6.22. The van der Waals surface area contributed by atoms with Gasteiger partial charge in [0.15, 0.2) is 7.20 Å². The lowest BCUT2D eigenvalue weighted by Crippen LogP contribution is -2.76. The van der Waals surface area contributed by atoms with Gasteiger partial charge in [0.25, 0.3) is 0 Å². The molecule has 1 aliphatic rings. The van der Waals surface area contributed by atoms with Crippen LogP contribution in [0.15, 0.2) is 30.3 Å². The zero-order valence-corrected chi connectivity index (χ0v) is 43.7. The van der Waals surface area contributed by atoms with Crippen LogP contribution in [0.2, 0.25) is 1.41 Å². The number of nitrogens with zero attached hydrogens (tertiary/aromatic N) is 1. The Morgan fingerprint density at radius 2 is 1.10 bits per heavy atom. The fourth-order valence-corrected chi connectivity index (χ4v) is 9.46. The standard InChI is InChI=1S/C56H100N4O9/c1-5-7-9-11-13-15-17-19-21-23-25-27-29-31-33-38-42-60(49(62)41-37-32-30-28-26-24-22-20-18-16-14-12-10-8-6-2)56(57)50(53(65)52(64)48(43-61)69-56)51(63)45(3)58-54(66)46(4)59-55(67)68-44-47-39-35-34-36-40-47/h34-36,39-40,45-46,48,50,52-53,61,64-65H,5-33,37-38,41-44,57H2,1-4H3,(H,58,66)(H,59,67)/t45-,46-,48+,50+,52+,53+,56-/m0/s1/i44D/hD/t44?,45-,46-,48+,50+,52+,53+,56-. The Morgan fingerprint density at radius 3 is 1.54 bits per heavy atom. The Morgan fingerprint density at radius 1 is 0.681 bits per heavy atom. The van der Waals surface area contributed by atoms with Gasteiger partial charge in [-0.3, -0.25) is 20.1 Å². The molecule has 69 heavy (non-hydrogen) atoms. The highest BCUT2D eigenvalue weighted by Gasteiger charge is 2.59. The first-order valence-electron chi connectivity index (χ1n) is 28.8. The van der Waals surface area contributed by atoms with Gasteiger partial charge in [-0.1, -0.05) is 230 Å². The Kier molecular flexibility index (Phi) is 32.7. The molecule has 8 atom stereocenters. The van der Waals surface area contributed by atoms with E-state index in [2.05, 4.69) is 19.2 Å². The van der Waals surface area contributed by atoms with E-state index in [1.807, 2.05) is 0 Å². The number of benzene rings is 1. The first-order valence-corrected chi connectivity index (χ1v) is 27.8. The maximum atomic E-state index is 14.5. The Hall–Kier alpha value is -3.10. The zero-order valence-electron chi connectivity index (χ0n) is 45.7. The molecule has 1 fully saturated rings. The van der Waals surface area contributed by atoms with Gasteiger partial charge in [-0.2, -0.15) is 0 Å². The number of ether oxygens (including phenoxy) is 2. The van der Waals surface area contributed by atoms with Gasteiger partial charge in [0.1, 0.15) is 30.8 Å². The monoisotopic (exact) mass is 975 g/mol. The molecule has 1 aromatic rings. The number of nitrogens with one attached hydrogen (secondary N) is 2. The van der Waals surface area contributed by atoms with Crippen LogP contribution < -0.4 is 16.4 Å². The predicted molar refractivity (Wildman–Crippen MR) is 277 cm³/mol. The van der Waals surface area contributed by atoms with Crippen molar-refractivity contribution in [2.45, 2.75) is 276 Å². The predicted octanol–water partition coefficient (Wildman–Crippen LogP) is 11.1. The van der Waals surface area contributed by atoms with Crippen molar-refractivity contribution in [3.05, 3.63) is 35.9 Å². The molecule has 2 rings (SSSR count). The summed E-state index contributed by atoms with van der Waals surface area (Å²) < 4.78 is 27.7. The fraction of sp³-hybridized carbons (Fsp3) is 0.821. The number of carbonyl (C=O) groups excluding carboxylic acids is 4. The molecule has 398 valence electrons. The molecule has 0 bridgehead atoms. The second kappa shape index (κ2) is 38.6. The fourth-order valence-electron chi connectivity index (χ4n) is 9.46. The summed E-state index contributed by atoms with van der Waals surface area (Å²) >= 11 is 0. The average molecular weight is 975 g/mol. The quantitative estimate of drug-likeness (QED) is 0.0270. The van der Waals surface area contributed by atoms with Crippen LogP contribution in [0.5, 0.6) is 0 Å². The molecule has 1 unspecified atom stereocenters. The molecule has 13 heteroatoms. The number of amides is 3. The van der Waals surface area contributed by atoms with Crippen LogP contribution in [0.1, 0.15) is 240 Å². The summed E-state index contributed by atoms with van der Waals surface area (Å²) in [5, 5.41) is 35.7. The molecule has 1 aromatic carbocycles. The van der Waals surface area contributed by atoms with Crippen molar-refractivity contribution in [1.82, 2.24) is 15.5 Å². The van der Waals surface area contributed by atoms with Crippen molar-refractivity contribution in [3.63, 3.8) is 0 Å². The Balaban J connectivity index is 2.08. The van der Waals surface area contributed by atoms with Gasteiger partial charge < -0.3 is 40.3 Å². The van der Waals surface area contributed by atoms with Gasteiger partial charge in [0, 0.05) is 13.0 Å². The van der Waals surface area contributed by atoms with E-state index in [9.17, 15) is 34.5 Å². The van der Waals surface area contributed by atoms with Crippen molar-refractivity contribution >= 4 is 23.7 Å². The molecule has 1 heterocycles. The SMILES string of the molecule is [2H]C(OC(=O)N([2H])[C@@H](C)C(=O)N[C@@H](C)C(=O)[C@@H]1[C@@H](O)[C@H](O)[C@@H](CO)O[C@@]1(N)N(CCCCCCCCCCCCCCCCCC)C(=O)CCCCCCCCCCCCCCCCC)c1ccccc1. The average Bonchev–Trinajstić information content (AvgIpc) is 3.36. The summed E-state index contributed by atoms with van der Waals surface area (Å²) in [7, 11) is 0. The van der Waals surface area contributed by atoms with Crippen molar-refractivity contribution in [3.8, 4) is 0 Å². The summed E-state index contributed by atoms with van der Waals surface area (Å²) in [6, 6.07) is 5.35. The van der Waals surface area contributed by atoms with Crippen molar-refractivity contribution in [1.29, 1.82) is 0 Å². The minimum atomic E-state index is -2.30. The van der Waals surface area contributed by atoms with E-state index in [0.29, 0.717) is 18.4 Å². The third kappa shape index (κ3) is 25.7. The maximum absolute atomic E-state index is 14.5. The number of unbranched alkanes of at least 4 members (excludes halogenated alkanes) is 29. The van der Waals surface area contributed by atoms with Crippen LogP contribution in [0.25, 0.3) is 0 Å². The highest BCUT2D eigenvalue weighted by molar-refractivity contribution is 5.94. The number of hydrogen-bond donors (Lipinski definition) is 6. The zero-order chi connectivity index (χ0) is 52.3. The van der Waals surface area contributed by atoms with Crippen LogP contribution in [0.3, 0.4) is 0 Å². The number of ketones is 1. The van der Waals surface area contributed by atoms with E-state index in [1.165, 1.54) is 154 Å². The summed E-state index contributed by atoms with van der Waals surface area (Å²) in [6.07, 6.45) is 30.1. The van der Waals surface area contributed by atoms with Gasteiger partial charge >= 0.3 is 6.09 Å². The van der Waals surface area contributed by atoms with Gasteiger partial charge in [0.05, 0.1) is 20.1 Å². The van der Waals surface area contributed by atoms with Crippen molar-refractivity contribution in [2.75, 3.05) is 13.2 Å².